The topological polar surface area (TPSA) is 58.7 Å². The van der Waals surface area contributed by atoms with Gasteiger partial charge >= 0.3 is 0 Å². The van der Waals surface area contributed by atoms with Crippen molar-refractivity contribution in [2.75, 3.05) is 18.6 Å². The maximum atomic E-state index is 9.87. The van der Waals surface area contributed by atoms with Crippen molar-refractivity contribution in [1.82, 2.24) is 0 Å². The Morgan fingerprint density at radius 1 is 1.60 bits per heavy atom. The number of nitrogens with zero attached hydrogens (tertiary/aromatic N) is 1. The summed E-state index contributed by atoms with van der Waals surface area (Å²) in [6.07, 6.45) is -0.722. The highest BCUT2D eigenvalue weighted by atomic mass is 79.9. The molecule has 0 saturated carbocycles. The maximum Gasteiger partial charge on any atom is 0.145 e. The molecule has 1 unspecified atom stereocenters. The van der Waals surface area contributed by atoms with Gasteiger partial charge in [-0.1, -0.05) is 15.9 Å². The van der Waals surface area contributed by atoms with Crippen molar-refractivity contribution >= 4 is 21.6 Å². The molecule has 5 heteroatoms. The van der Waals surface area contributed by atoms with E-state index in [4.69, 9.17) is 10.5 Å². The first-order valence-corrected chi connectivity index (χ1v) is 5.47. The number of hydrogen-bond acceptors (Lipinski definition) is 4. The predicted octanol–water partition coefficient (Wildman–Crippen LogP) is 0.923. The minimum absolute atomic E-state index is 0.320. The second kappa shape index (κ2) is 4.00. The molecule has 0 spiro atoms. The van der Waals surface area contributed by atoms with Gasteiger partial charge in [0.25, 0.3) is 0 Å². The van der Waals surface area contributed by atoms with Gasteiger partial charge in [0.15, 0.2) is 0 Å². The second-order valence-corrected chi connectivity index (χ2v) is 4.53. The molecule has 0 fully saturated rings. The summed E-state index contributed by atoms with van der Waals surface area (Å²) in [6.45, 7) is 0.320. The molecule has 3 N–H and O–H groups in total. The van der Waals surface area contributed by atoms with Gasteiger partial charge in [0.1, 0.15) is 18.6 Å². The fourth-order valence-electron chi connectivity index (χ4n) is 1.59. The van der Waals surface area contributed by atoms with E-state index < -0.39 is 12.3 Å². The van der Waals surface area contributed by atoms with Crippen molar-refractivity contribution in [3.8, 4) is 5.75 Å². The number of aliphatic hydroxyl groups is 1. The summed E-state index contributed by atoms with van der Waals surface area (Å²) >= 11 is 3.38. The lowest BCUT2D eigenvalue weighted by Gasteiger charge is -2.26. The molecule has 0 aliphatic carbocycles. The highest BCUT2D eigenvalue weighted by Gasteiger charge is 2.26. The zero-order valence-corrected chi connectivity index (χ0v) is 9.94. The van der Waals surface area contributed by atoms with Gasteiger partial charge in [0.05, 0.1) is 11.7 Å². The minimum Gasteiger partial charge on any atom is -0.490 e. The number of halogens is 1. The number of likely N-dealkylation sites (N-methyl/N-ethyl adjacent to an activating group) is 1. The molecule has 4 nitrogen and oxygen atoms in total. The molecule has 15 heavy (non-hydrogen) atoms. The van der Waals surface area contributed by atoms with Crippen molar-refractivity contribution in [1.29, 1.82) is 0 Å². The van der Waals surface area contributed by atoms with Gasteiger partial charge in [0, 0.05) is 11.5 Å². The van der Waals surface area contributed by atoms with E-state index in [-0.39, 0.29) is 0 Å². The lowest BCUT2D eigenvalue weighted by atomic mass is 10.2. The molecule has 0 aromatic heterocycles. The number of fused-ring (bicyclic) bond motifs is 1. The Morgan fingerprint density at radius 3 is 3.07 bits per heavy atom. The summed E-state index contributed by atoms with van der Waals surface area (Å²) in [5, 5.41) is 9.87. The monoisotopic (exact) mass is 272 g/mol. The van der Waals surface area contributed by atoms with Crippen LogP contribution >= 0.6 is 15.9 Å². The molecular weight excluding hydrogens is 260 g/mol. The molecule has 1 heterocycles. The number of aliphatic hydroxyl groups excluding tert-OH is 1. The molecule has 1 aliphatic rings. The van der Waals surface area contributed by atoms with Gasteiger partial charge in [-0.3, -0.25) is 0 Å². The van der Waals surface area contributed by atoms with E-state index in [0.29, 0.717) is 6.61 Å². The Labute approximate surface area is 96.8 Å². The lowest BCUT2D eigenvalue weighted by Crippen LogP contribution is -2.47. The first-order chi connectivity index (χ1) is 7.09. The van der Waals surface area contributed by atoms with Gasteiger partial charge in [-0.15, -0.1) is 0 Å². The van der Waals surface area contributed by atoms with Gasteiger partial charge in [-0.05, 0) is 18.2 Å². The third-order valence-corrected chi connectivity index (χ3v) is 3.01. The number of ether oxygens (including phenoxy) is 1. The largest absolute Gasteiger partial charge is 0.490 e. The Kier molecular flexibility index (Phi) is 2.86. The van der Waals surface area contributed by atoms with Crippen LogP contribution in [0.25, 0.3) is 0 Å². The molecular formula is C10H13BrN2O2. The van der Waals surface area contributed by atoms with Crippen LogP contribution in [0.2, 0.25) is 0 Å². The van der Waals surface area contributed by atoms with Crippen LogP contribution in [0.4, 0.5) is 5.69 Å². The minimum atomic E-state index is -0.722. The highest BCUT2D eigenvalue weighted by Crippen LogP contribution is 2.33. The second-order valence-electron chi connectivity index (χ2n) is 3.61. The molecule has 0 radical (unpaired) electrons. The molecule has 82 valence electrons. The standard InChI is InChI=1S/C10H13BrN2O2/c1-13-8-4-6(11)2-3-9(8)15-5-7(12)10(13)14/h2-4,7,10,14H,5,12H2,1H3/t7-,10?/m0/s1. The van der Waals surface area contributed by atoms with Gasteiger partial charge in [-0.2, -0.15) is 0 Å². The number of benzene rings is 1. The first-order valence-electron chi connectivity index (χ1n) is 4.68. The van der Waals surface area contributed by atoms with E-state index in [2.05, 4.69) is 15.9 Å². The van der Waals surface area contributed by atoms with Crippen molar-refractivity contribution < 1.29 is 9.84 Å². The molecule has 0 amide bonds. The summed E-state index contributed by atoms with van der Waals surface area (Å²) in [5.41, 5.74) is 6.60. The maximum absolute atomic E-state index is 9.87. The van der Waals surface area contributed by atoms with Gasteiger partial charge in [-0.25, -0.2) is 0 Å². The third kappa shape index (κ3) is 1.95. The molecule has 1 aromatic rings. The van der Waals surface area contributed by atoms with Crippen LogP contribution in [-0.2, 0) is 0 Å². The van der Waals surface area contributed by atoms with Crippen LogP contribution in [-0.4, -0.2) is 31.0 Å². The van der Waals surface area contributed by atoms with Crippen LogP contribution in [0.1, 0.15) is 0 Å². The van der Waals surface area contributed by atoms with E-state index >= 15 is 0 Å². The van der Waals surface area contributed by atoms with E-state index in [0.717, 1.165) is 15.9 Å². The van der Waals surface area contributed by atoms with Crippen LogP contribution in [0, 0.1) is 0 Å². The molecule has 0 saturated heterocycles. The Bertz CT molecular complexity index is 372. The molecule has 1 aromatic carbocycles. The van der Waals surface area contributed by atoms with Crippen LogP contribution < -0.4 is 15.4 Å². The molecule has 0 bridgehead atoms. The van der Waals surface area contributed by atoms with Crippen LogP contribution in [0.5, 0.6) is 5.75 Å². The van der Waals surface area contributed by atoms with Gasteiger partial charge < -0.3 is 20.5 Å². The molecule has 2 rings (SSSR count). The Balaban J connectivity index is 2.44. The third-order valence-electron chi connectivity index (χ3n) is 2.51. The van der Waals surface area contributed by atoms with Crippen molar-refractivity contribution in [2.45, 2.75) is 12.3 Å². The summed E-state index contributed by atoms with van der Waals surface area (Å²) in [5.74, 6) is 0.743. The van der Waals surface area contributed by atoms with Crippen LogP contribution in [0.15, 0.2) is 22.7 Å². The first kappa shape index (κ1) is 10.7. The van der Waals surface area contributed by atoms with E-state index in [1.807, 2.05) is 18.2 Å². The van der Waals surface area contributed by atoms with Gasteiger partial charge in [0.2, 0.25) is 0 Å². The predicted molar refractivity (Wildman–Crippen MR) is 62.0 cm³/mol. The van der Waals surface area contributed by atoms with E-state index in [9.17, 15) is 5.11 Å². The zero-order chi connectivity index (χ0) is 11.0. The fraction of sp³-hybridized carbons (Fsp3) is 0.400. The molecule has 1 aliphatic heterocycles. The number of rotatable bonds is 0. The highest BCUT2D eigenvalue weighted by molar-refractivity contribution is 9.10. The van der Waals surface area contributed by atoms with Crippen molar-refractivity contribution in [3.05, 3.63) is 22.7 Å². The quantitative estimate of drug-likeness (QED) is 0.738. The summed E-state index contributed by atoms with van der Waals surface area (Å²) in [4.78, 5) is 1.72. The smallest absolute Gasteiger partial charge is 0.145 e. The summed E-state index contributed by atoms with van der Waals surface area (Å²) < 4.78 is 6.45. The fourth-order valence-corrected chi connectivity index (χ4v) is 1.94. The average Bonchev–Trinajstić information content (AvgIpc) is 2.32. The van der Waals surface area contributed by atoms with Crippen molar-refractivity contribution in [3.63, 3.8) is 0 Å². The van der Waals surface area contributed by atoms with Crippen LogP contribution in [0.3, 0.4) is 0 Å². The Morgan fingerprint density at radius 2 is 2.33 bits per heavy atom. The number of hydrogen-bond donors (Lipinski definition) is 2. The van der Waals surface area contributed by atoms with Crippen molar-refractivity contribution in [2.24, 2.45) is 5.73 Å². The van der Waals surface area contributed by atoms with E-state index in [1.165, 1.54) is 0 Å². The summed E-state index contributed by atoms with van der Waals surface area (Å²) in [7, 11) is 1.80. The average molecular weight is 273 g/mol. The zero-order valence-electron chi connectivity index (χ0n) is 8.35. The Hall–Kier alpha value is -0.780. The number of nitrogens with two attached hydrogens (primary N) is 1. The number of anilines is 1. The molecule has 2 atom stereocenters. The van der Waals surface area contributed by atoms with E-state index in [1.54, 1.807) is 11.9 Å². The SMILES string of the molecule is CN1c2cc(Br)ccc2OC[C@H](N)C1O. The lowest BCUT2D eigenvalue weighted by molar-refractivity contribution is 0.125. The normalized spacial score (nSPS) is 25.5. The summed E-state index contributed by atoms with van der Waals surface area (Å²) in [6, 6.07) is 5.26.